The number of carboxylic acids is 1. The summed E-state index contributed by atoms with van der Waals surface area (Å²) in [7, 11) is 0. The van der Waals surface area contributed by atoms with Crippen molar-refractivity contribution in [3.8, 4) is 5.75 Å². The zero-order chi connectivity index (χ0) is 12.3. The summed E-state index contributed by atoms with van der Waals surface area (Å²) in [6.45, 7) is 1.32. The smallest absolute Gasteiger partial charge is 0.325 e. The highest BCUT2D eigenvalue weighted by Gasteiger charge is 2.17. The van der Waals surface area contributed by atoms with Crippen LogP contribution in [0.4, 0.5) is 5.69 Å². The van der Waals surface area contributed by atoms with E-state index < -0.39 is 17.9 Å². The molecule has 1 unspecified atom stereocenters. The van der Waals surface area contributed by atoms with Gasteiger partial charge in [-0.2, -0.15) is 0 Å². The maximum Gasteiger partial charge on any atom is 0.325 e. The molecule has 0 aromatic heterocycles. The molecule has 1 rings (SSSR count). The molecule has 0 aliphatic heterocycles. The summed E-state index contributed by atoms with van der Waals surface area (Å²) in [6.07, 6.45) is 0. The van der Waals surface area contributed by atoms with Crippen molar-refractivity contribution in [3.63, 3.8) is 0 Å². The van der Waals surface area contributed by atoms with Crippen molar-refractivity contribution in [3.05, 3.63) is 23.8 Å². The van der Waals surface area contributed by atoms with Crippen molar-refractivity contribution in [1.29, 1.82) is 0 Å². The lowest BCUT2D eigenvalue weighted by Crippen LogP contribution is -2.38. The number of phenols is 1. The minimum atomic E-state index is -1.16. The maximum atomic E-state index is 11.5. The van der Waals surface area contributed by atoms with Crippen molar-refractivity contribution >= 4 is 17.6 Å². The van der Waals surface area contributed by atoms with E-state index in [1.807, 2.05) is 0 Å². The van der Waals surface area contributed by atoms with Crippen LogP contribution < -0.4 is 11.1 Å². The highest BCUT2D eigenvalue weighted by Crippen LogP contribution is 2.19. The highest BCUT2D eigenvalue weighted by atomic mass is 16.4. The van der Waals surface area contributed by atoms with Gasteiger partial charge in [-0.1, -0.05) is 0 Å². The Hall–Kier alpha value is -2.24. The number of hydrogen-bond acceptors (Lipinski definition) is 4. The Balaban J connectivity index is 2.88. The van der Waals surface area contributed by atoms with Crippen LogP contribution in [-0.4, -0.2) is 28.1 Å². The van der Waals surface area contributed by atoms with E-state index in [0.29, 0.717) is 5.69 Å². The molecule has 0 heterocycles. The molecule has 86 valence electrons. The summed E-state index contributed by atoms with van der Waals surface area (Å²) in [4.78, 5) is 22.1. The molecule has 0 aliphatic rings. The van der Waals surface area contributed by atoms with Gasteiger partial charge in [-0.15, -0.1) is 0 Å². The topological polar surface area (TPSA) is 113 Å². The van der Waals surface area contributed by atoms with Gasteiger partial charge in [-0.3, -0.25) is 9.59 Å². The van der Waals surface area contributed by atoms with Crippen molar-refractivity contribution < 1.29 is 19.8 Å². The van der Waals surface area contributed by atoms with Crippen molar-refractivity contribution in [2.24, 2.45) is 0 Å². The van der Waals surface area contributed by atoms with E-state index in [1.54, 1.807) is 0 Å². The molecule has 0 aliphatic carbocycles. The van der Waals surface area contributed by atoms with Gasteiger partial charge in [0, 0.05) is 5.69 Å². The summed E-state index contributed by atoms with van der Waals surface area (Å²) in [6, 6.07) is 2.95. The first-order valence-corrected chi connectivity index (χ1v) is 4.54. The third-order valence-corrected chi connectivity index (χ3v) is 1.98. The minimum absolute atomic E-state index is 0.0481. The number of nitrogens with one attached hydrogen (secondary N) is 1. The largest absolute Gasteiger partial charge is 0.507 e. The molecule has 6 nitrogen and oxygen atoms in total. The van der Waals surface area contributed by atoms with Gasteiger partial charge >= 0.3 is 5.97 Å². The zero-order valence-electron chi connectivity index (χ0n) is 8.60. The summed E-state index contributed by atoms with van der Waals surface area (Å²) in [5, 5.41) is 20.2. The minimum Gasteiger partial charge on any atom is -0.507 e. The van der Waals surface area contributed by atoms with Gasteiger partial charge in [0.2, 0.25) is 0 Å². The molecule has 0 saturated heterocycles. The van der Waals surface area contributed by atoms with Crippen LogP contribution in [0.1, 0.15) is 17.3 Å². The first-order valence-electron chi connectivity index (χ1n) is 4.54. The normalized spacial score (nSPS) is 11.8. The SMILES string of the molecule is CC(NC(=O)c1cc(N)ccc1O)C(=O)O. The van der Waals surface area contributed by atoms with Gasteiger partial charge in [-0.25, -0.2) is 0 Å². The van der Waals surface area contributed by atoms with Crippen molar-refractivity contribution in [1.82, 2.24) is 5.32 Å². The molecule has 0 radical (unpaired) electrons. The van der Waals surface area contributed by atoms with Crippen molar-refractivity contribution in [2.75, 3.05) is 5.73 Å². The number of carboxylic acid groups (broad SMARTS) is 1. The molecule has 6 heteroatoms. The van der Waals surface area contributed by atoms with E-state index in [2.05, 4.69) is 5.32 Å². The van der Waals surface area contributed by atoms with Gasteiger partial charge in [0.1, 0.15) is 11.8 Å². The number of carbonyl (C=O) groups excluding carboxylic acids is 1. The maximum absolute atomic E-state index is 11.5. The van der Waals surface area contributed by atoms with E-state index >= 15 is 0 Å². The van der Waals surface area contributed by atoms with Gasteiger partial charge < -0.3 is 21.3 Å². The molecule has 1 atom stereocenters. The van der Waals surface area contributed by atoms with E-state index in [4.69, 9.17) is 10.8 Å². The Morgan fingerprint density at radius 2 is 2.06 bits per heavy atom. The Morgan fingerprint density at radius 3 is 2.62 bits per heavy atom. The summed E-state index contributed by atoms with van der Waals surface area (Å²) in [5.74, 6) is -2.08. The van der Waals surface area contributed by atoms with Crippen LogP contribution >= 0.6 is 0 Å². The number of anilines is 1. The number of hydrogen-bond donors (Lipinski definition) is 4. The lowest BCUT2D eigenvalue weighted by Gasteiger charge is -2.10. The third kappa shape index (κ3) is 2.63. The number of aliphatic carboxylic acids is 1. The Morgan fingerprint density at radius 1 is 1.44 bits per heavy atom. The lowest BCUT2D eigenvalue weighted by molar-refractivity contribution is -0.138. The number of amides is 1. The second-order valence-corrected chi connectivity index (χ2v) is 3.31. The van der Waals surface area contributed by atoms with E-state index in [1.165, 1.54) is 25.1 Å². The lowest BCUT2D eigenvalue weighted by atomic mass is 10.1. The standard InChI is InChI=1S/C10H12N2O4/c1-5(10(15)16)12-9(14)7-4-6(11)2-3-8(7)13/h2-5,13H,11H2,1H3,(H,12,14)(H,15,16). The van der Waals surface area contributed by atoms with Gasteiger partial charge in [0.25, 0.3) is 5.91 Å². The Labute approximate surface area is 91.7 Å². The second kappa shape index (κ2) is 4.52. The third-order valence-electron chi connectivity index (χ3n) is 1.98. The molecule has 5 N–H and O–H groups in total. The predicted molar refractivity (Wildman–Crippen MR) is 57.1 cm³/mol. The number of aromatic hydroxyl groups is 1. The molecular formula is C10H12N2O4. The van der Waals surface area contributed by atoms with E-state index in [0.717, 1.165) is 0 Å². The number of carbonyl (C=O) groups is 2. The average Bonchev–Trinajstić information content (AvgIpc) is 2.21. The fourth-order valence-corrected chi connectivity index (χ4v) is 1.07. The molecule has 1 aromatic carbocycles. The second-order valence-electron chi connectivity index (χ2n) is 3.31. The predicted octanol–water partition coefficient (Wildman–Crippen LogP) is 0.177. The number of nitrogen functional groups attached to an aromatic ring is 1. The quantitative estimate of drug-likeness (QED) is 0.432. The fourth-order valence-electron chi connectivity index (χ4n) is 1.07. The van der Waals surface area contributed by atoms with Gasteiger partial charge in [0.15, 0.2) is 0 Å². The molecular weight excluding hydrogens is 212 g/mol. The number of phenolic OH excluding ortho intramolecular Hbond substituents is 1. The molecule has 1 amide bonds. The first-order chi connectivity index (χ1) is 7.41. The first kappa shape index (κ1) is 11.8. The fraction of sp³-hybridized carbons (Fsp3) is 0.200. The molecule has 0 spiro atoms. The Bertz CT molecular complexity index is 431. The van der Waals surface area contributed by atoms with Crippen LogP contribution in [0.25, 0.3) is 0 Å². The van der Waals surface area contributed by atoms with Gasteiger partial charge in [-0.05, 0) is 25.1 Å². The number of nitrogens with two attached hydrogens (primary N) is 1. The number of benzene rings is 1. The van der Waals surface area contributed by atoms with E-state index in [-0.39, 0.29) is 11.3 Å². The Kier molecular flexibility index (Phi) is 3.34. The van der Waals surface area contributed by atoms with Crippen LogP contribution in [0, 0.1) is 0 Å². The highest BCUT2D eigenvalue weighted by molar-refractivity contribution is 5.99. The van der Waals surface area contributed by atoms with Crippen molar-refractivity contribution in [2.45, 2.75) is 13.0 Å². The molecule has 0 bridgehead atoms. The van der Waals surface area contributed by atoms with Crippen LogP contribution in [0.3, 0.4) is 0 Å². The monoisotopic (exact) mass is 224 g/mol. The summed E-state index contributed by atoms with van der Waals surface area (Å²) < 4.78 is 0. The zero-order valence-corrected chi connectivity index (χ0v) is 8.60. The van der Waals surface area contributed by atoms with Gasteiger partial charge in [0.05, 0.1) is 5.56 Å². The summed E-state index contributed by atoms with van der Waals surface area (Å²) >= 11 is 0. The van der Waals surface area contributed by atoms with Crippen LogP contribution in [-0.2, 0) is 4.79 Å². The molecule has 0 saturated carbocycles. The summed E-state index contributed by atoms with van der Waals surface area (Å²) in [5.41, 5.74) is 5.71. The van der Waals surface area contributed by atoms with Crippen LogP contribution in [0.2, 0.25) is 0 Å². The molecule has 16 heavy (non-hydrogen) atoms. The van der Waals surface area contributed by atoms with E-state index in [9.17, 15) is 14.7 Å². The average molecular weight is 224 g/mol. The molecule has 1 aromatic rings. The number of rotatable bonds is 3. The van der Waals surface area contributed by atoms with Crippen LogP contribution in [0.15, 0.2) is 18.2 Å². The van der Waals surface area contributed by atoms with Crippen LogP contribution in [0.5, 0.6) is 5.75 Å². The molecule has 0 fully saturated rings.